The number of morpholine rings is 1. The Morgan fingerprint density at radius 2 is 1.92 bits per heavy atom. The average molecular weight is 345 g/mol. The highest BCUT2D eigenvalue weighted by Crippen LogP contribution is 2.17. The van der Waals surface area contributed by atoms with E-state index < -0.39 is 0 Å². The standard InChI is InChI=1S/C19H31N5O/c1-20-19(21-14-16-4-6-17(7-5-16)22(2)3)24-9-8-18(15-24)23-10-12-25-13-11-23/h4-7,18H,8-15H2,1-3H3,(H,20,21). The van der Waals surface area contributed by atoms with Gasteiger partial charge in [0.2, 0.25) is 0 Å². The molecule has 25 heavy (non-hydrogen) atoms. The van der Waals surface area contributed by atoms with Crippen molar-refractivity contribution in [1.29, 1.82) is 0 Å². The number of likely N-dealkylation sites (tertiary alicyclic amines) is 1. The van der Waals surface area contributed by atoms with Crippen LogP contribution in [0, 0.1) is 0 Å². The van der Waals surface area contributed by atoms with Crippen molar-refractivity contribution in [3.8, 4) is 0 Å². The van der Waals surface area contributed by atoms with E-state index in [1.54, 1.807) is 0 Å². The Bertz CT molecular complexity index is 566. The topological polar surface area (TPSA) is 43.3 Å². The summed E-state index contributed by atoms with van der Waals surface area (Å²) in [4.78, 5) is 11.6. The lowest BCUT2D eigenvalue weighted by Crippen LogP contribution is -2.46. The van der Waals surface area contributed by atoms with Crippen LogP contribution in [0.5, 0.6) is 0 Å². The molecule has 1 unspecified atom stereocenters. The number of ether oxygens (including phenoxy) is 1. The first-order valence-electron chi connectivity index (χ1n) is 9.21. The fourth-order valence-corrected chi connectivity index (χ4v) is 3.60. The third-order valence-corrected chi connectivity index (χ3v) is 5.14. The lowest BCUT2D eigenvalue weighted by atomic mass is 10.2. The fourth-order valence-electron chi connectivity index (χ4n) is 3.60. The van der Waals surface area contributed by atoms with Gasteiger partial charge in [0.25, 0.3) is 0 Å². The summed E-state index contributed by atoms with van der Waals surface area (Å²) in [5.74, 6) is 1.01. The Balaban J connectivity index is 1.51. The molecule has 2 aliphatic heterocycles. The maximum Gasteiger partial charge on any atom is 0.193 e. The zero-order chi connectivity index (χ0) is 17.6. The van der Waals surface area contributed by atoms with E-state index in [4.69, 9.17) is 4.74 Å². The summed E-state index contributed by atoms with van der Waals surface area (Å²) < 4.78 is 5.47. The minimum absolute atomic E-state index is 0.627. The first kappa shape index (κ1) is 18.0. The summed E-state index contributed by atoms with van der Waals surface area (Å²) in [6, 6.07) is 9.29. The highest BCUT2D eigenvalue weighted by atomic mass is 16.5. The zero-order valence-electron chi connectivity index (χ0n) is 15.7. The van der Waals surface area contributed by atoms with Gasteiger partial charge in [-0.1, -0.05) is 12.1 Å². The summed E-state index contributed by atoms with van der Waals surface area (Å²) >= 11 is 0. The number of anilines is 1. The third-order valence-electron chi connectivity index (χ3n) is 5.14. The first-order valence-corrected chi connectivity index (χ1v) is 9.21. The molecule has 1 atom stereocenters. The van der Waals surface area contributed by atoms with Crippen LogP contribution in [0.15, 0.2) is 29.3 Å². The Morgan fingerprint density at radius 1 is 1.20 bits per heavy atom. The number of aliphatic imine (C=N–C) groups is 1. The molecule has 1 N–H and O–H groups in total. The van der Waals surface area contributed by atoms with E-state index in [9.17, 15) is 0 Å². The molecule has 0 amide bonds. The number of hydrogen-bond acceptors (Lipinski definition) is 4. The van der Waals surface area contributed by atoms with Gasteiger partial charge in [-0.2, -0.15) is 0 Å². The van der Waals surface area contributed by atoms with E-state index in [-0.39, 0.29) is 0 Å². The largest absolute Gasteiger partial charge is 0.379 e. The van der Waals surface area contributed by atoms with Crippen LogP contribution >= 0.6 is 0 Å². The Morgan fingerprint density at radius 3 is 2.56 bits per heavy atom. The van der Waals surface area contributed by atoms with Crippen molar-refractivity contribution < 1.29 is 4.74 Å². The number of rotatable bonds is 4. The molecule has 138 valence electrons. The molecule has 3 rings (SSSR count). The van der Waals surface area contributed by atoms with Crippen molar-refractivity contribution in [1.82, 2.24) is 15.1 Å². The SMILES string of the molecule is CN=C(NCc1ccc(N(C)C)cc1)N1CCC(N2CCOCC2)C1. The number of hydrogen-bond donors (Lipinski definition) is 1. The molecular formula is C19H31N5O. The minimum Gasteiger partial charge on any atom is -0.379 e. The van der Waals surface area contributed by atoms with Gasteiger partial charge in [-0.15, -0.1) is 0 Å². The van der Waals surface area contributed by atoms with Gasteiger partial charge >= 0.3 is 0 Å². The summed E-state index contributed by atoms with van der Waals surface area (Å²) in [5, 5.41) is 3.52. The minimum atomic E-state index is 0.627. The number of benzene rings is 1. The Kier molecular flexibility index (Phi) is 6.15. The van der Waals surface area contributed by atoms with Gasteiger partial charge in [0.1, 0.15) is 0 Å². The van der Waals surface area contributed by atoms with Gasteiger partial charge in [-0.25, -0.2) is 0 Å². The van der Waals surface area contributed by atoms with Crippen LogP contribution in [-0.4, -0.2) is 82.3 Å². The molecule has 1 aromatic rings. The maximum absolute atomic E-state index is 5.47. The molecule has 0 saturated carbocycles. The summed E-state index contributed by atoms with van der Waals surface area (Å²) in [7, 11) is 6.00. The smallest absolute Gasteiger partial charge is 0.193 e. The molecule has 2 fully saturated rings. The van der Waals surface area contributed by atoms with E-state index in [2.05, 4.69) is 63.4 Å². The van der Waals surface area contributed by atoms with E-state index in [0.29, 0.717) is 6.04 Å². The number of nitrogens with one attached hydrogen (secondary N) is 1. The van der Waals surface area contributed by atoms with Gasteiger partial charge in [0.15, 0.2) is 5.96 Å². The summed E-state index contributed by atoms with van der Waals surface area (Å²) in [6.07, 6.45) is 1.21. The quantitative estimate of drug-likeness (QED) is 0.657. The van der Waals surface area contributed by atoms with Crippen molar-refractivity contribution in [3.05, 3.63) is 29.8 Å². The van der Waals surface area contributed by atoms with Gasteiger partial charge in [0.05, 0.1) is 13.2 Å². The molecule has 2 saturated heterocycles. The van der Waals surface area contributed by atoms with Crippen LogP contribution in [-0.2, 0) is 11.3 Å². The normalized spacial score (nSPS) is 22.3. The molecular weight excluding hydrogens is 314 g/mol. The lowest BCUT2D eigenvalue weighted by Gasteiger charge is -2.32. The molecule has 0 spiro atoms. The maximum atomic E-state index is 5.47. The monoisotopic (exact) mass is 345 g/mol. The molecule has 2 aliphatic rings. The number of nitrogens with zero attached hydrogens (tertiary/aromatic N) is 4. The van der Waals surface area contributed by atoms with Crippen LogP contribution in [0.3, 0.4) is 0 Å². The van der Waals surface area contributed by atoms with Gasteiger partial charge in [-0.3, -0.25) is 9.89 Å². The number of guanidine groups is 1. The van der Waals surface area contributed by atoms with E-state index >= 15 is 0 Å². The molecule has 6 nitrogen and oxygen atoms in total. The highest BCUT2D eigenvalue weighted by Gasteiger charge is 2.30. The average Bonchev–Trinajstić information content (AvgIpc) is 3.13. The molecule has 0 radical (unpaired) electrons. The van der Waals surface area contributed by atoms with Crippen LogP contribution < -0.4 is 10.2 Å². The molecule has 6 heteroatoms. The molecule has 0 bridgehead atoms. The van der Waals surface area contributed by atoms with Crippen LogP contribution in [0.1, 0.15) is 12.0 Å². The van der Waals surface area contributed by atoms with Gasteiger partial charge < -0.3 is 19.9 Å². The van der Waals surface area contributed by atoms with Crippen LogP contribution in [0.25, 0.3) is 0 Å². The van der Waals surface area contributed by atoms with Crippen molar-refractivity contribution >= 4 is 11.6 Å². The van der Waals surface area contributed by atoms with Crippen molar-refractivity contribution in [2.45, 2.75) is 19.0 Å². The predicted octanol–water partition coefficient (Wildman–Crippen LogP) is 1.23. The zero-order valence-corrected chi connectivity index (χ0v) is 15.7. The van der Waals surface area contributed by atoms with Crippen LogP contribution in [0.2, 0.25) is 0 Å². The molecule has 1 aromatic carbocycles. The van der Waals surface area contributed by atoms with E-state index in [0.717, 1.165) is 51.9 Å². The first-order chi connectivity index (χ1) is 12.2. The van der Waals surface area contributed by atoms with Gasteiger partial charge in [-0.05, 0) is 24.1 Å². The van der Waals surface area contributed by atoms with Crippen molar-refractivity contribution in [2.24, 2.45) is 4.99 Å². The second-order valence-corrected chi connectivity index (χ2v) is 7.00. The van der Waals surface area contributed by atoms with E-state index in [1.165, 1.54) is 17.7 Å². The molecule has 2 heterocycles. The van der Waals surface area contributed by atoms with E-state index in [1.807, 2.05) is 7.05 Å². The summed E-state index contributed by atoms with van der Waals surface area (Å²) in [6.45, 7) is 6.78. The molecule has 0 aromatic heterocycles. The summed E-state index contributed by atoms with van der Waals surface area (Å²) in [5.41, 5.74) is 2.50. The fraction of sp³-hybridized carbons (Fsp3) is 0.632. The Hall–Kier alpha value is -1.79. The van der Waals surface area contributed by atoms with Crippen molar-refractivity contribution in [2.75, 3.05) is 65.4 Å². The molecule has 0 aliphatic carbocycles. The van der Waals surface area contributed by atoms with Gasteiger partial charge in [0, 0.05) is 65.6 Å². The lowest BCUT2D eigenvalue weighted by molar-refractivity contribution is 0.0195. The highest BCUT2D eigenvalue weighted by molar-refractivity contribution is 5.80. The third kappa shape index (κ3) is 4.64. The predicted molar refractivity (Wildman–Crippen MR) is 103 cm³/mol. The second kappa shape index (κ2) is 8.54. The Labute approximate surface area is 151 Å². The van der Waals surface area contributed by atoms with Crippen LogP contribution in [0.4, 0.5) is 5.69 Å². The van der Waals surface area contributed by atoms with Crippen molar-refractivity contribution in [3.63, 3.8) is 0 Å². The second-order valence-electron chi connectivity index (χ2n) is 7.00.